The fourth-order valence-corrected chi connectivity index (χ4v) is 0.850. The van der Waals surface area contributed by atoms with E-state index in [9.17, 15) is 0 Å². The topological polar surface area (TPSA) is 62.6 Å². The van der Waals surface area contributed by atoms with Crippen molar-refractivity contribution < 1.29 is 14.9 Å². The minimum Gasteiger partial charge on any atom is -0.394 e. The molecule has 1 aromatic rings. The van der Waals surface area contributed by atoms with E-state index in [-0.39, 0.29) is 13.2 Å². The summed E-state index contributed by atoms with van der Waals surface area (Å²) < 4.78 is 5.16. The second-order valence-corrected chi connectivity index (χ2v) is 2.62. The van der Waals surface area contributed by atoms with Crippen molar-refractivity contribution in [2.75, 3.05) is 13.2 Å². The number of aliphatic hydroxyl groups excluding tert-OH is 2. The Bertz CT molecular complexity index is 224. The van der Waals surface area contributed by atoms with Gasteiger partial charge in [0.15, 0.2) is 0 Å². The van der Waals surface area contributed by atoms with Gasteiger partial charge in [0, 0.05) is 6.20 Å². The van der Waals surface area contributed by atoms with Crippen LogP contribution in [0.15, 0.2) is 24.4 Å². The molecule has 0 unspecified atom stereocenters. The van der Waals surface area contributed by atoms with Crippen molar-refractivity contribution >= 4 is 0 Å². The fourth-order valence-electron chi connectivity index (χ4n) is 0.850. The number of nitrogens with zero attached hydrogens (tertiary/aromatic N) is 1. The van der Waals surface area contributed by atoms with Gasteiger partial charge in [-0.2, -0.15) is 0 Å². The number of aromatic nitrogens is 1. The quantitative estimate of drug-likeness (QED) is 0.672. The summed E-state index contributed by atoms with van der Waals surface area (Å²) in [5, 5.41) is 17.4. The molecule has 0 fully saturated rings. The van der Waals surface area contributed by atoms with E-state index in [1.165, 1.54) is 0 Å². The van der Waals surface area contributed by atoms with Gasteiger partial charge >= 0.3 is 0 Å². The van der Waals surface area contributed by atoms with E-state index in [4.69, 9.17) is 14.9 Å². The Morgan fingerprint density at radius 1 is 1.31 bits per heavy atom. The molecular weight excluding hydrogens is 170 g/mol. The van der Waals surface area contributed by atoms with Gasteiger partial charge in [0.2, 0.25) is 0 Å². The van der Waals surface area contributed by atoms with Crippen molar-refractivity contribution in [2.45, 2.75) is 12.7 Å². The van der Waals surface area contributed by atoms with Crippen LogP contribution < -0.4 is 0 Å². The predicted octanol–water partition coefficient (Wildman–Crippen LogP) is -0.0486. The van der Waals surface area contributed by atoms with Crippen molar-refractivity contribution in [3.8, 4) is 0 Å². The standard InChI is InChI=1S/C9H13NO3/c11-5-9(6-12)13-7-8-3-1-2-4-10-8/h1-4,9,11-12H,5-7H2. The van der Waals surface area contributed by atoms with Gasteiger partial charge in [0.05, 0.1) is 25.5 Å². The summed E-state index contributed by atoms with van der Waals surface area (Å²) in [5.74, 6) is 0. The van der Waals surface area contributed by atoms with E-state index in [2.05, 4.69) is 4.98 Å². The first-order valence-electron chi connectivity index (χ1n) is 4.10. The molecule has 1 heterocycles. The maximum absolute atomic E-state index is 8.70. The first kappa shape index (κ1) is 10.1. The highest BCUT2D eigenvalue weighted by atomic mass is 16.5. The van der Waals surface area contributed by atoms with E-state index < -0.39 is 6.10 Å². The first-order valence-corrected chi connectivity index (χ1v) is 4.10. The molecule has 72 valence electrons. The minimum atomic E-state index is -0.512. The van der Waals surface area contributed by atoms with Crippen LogP contribution in [0, 0.1) is 0 Å². The minimum absolute atomic E-state index is 0.177. The molecule has 0 saturated heterocycles. The molecule has 2 N–H and O–H groups in total. The fraction of sp³-hybridized carbons (Fsp3) is 0.444. The van der Waals surface area contributed by atoms with Crippen LogP contribution in [-0.2, 0) is 11.3 Å². The summed E-state index contributed by atoms with van der Waals surface area (Å²) in [5.41, 5.74) is 0.786. The Labute approximate surface area is 76.8 Å². The zero-order valence-corrected chi connectivity index (χ0v) is 7.26. The second kappa shape index (κ2) is 5.64. The van der Waals surface area contributed by atoms with Crippen molar-refractivity contribution in [1.29, 1.82) is 0 Å². The molecule has 0 aromatic carbocycles. The van der Waals surface area contributed by atoms with Crippen molar-refractivity contribution in [1.82, 2.24) is 4.98 Å². The van der Waals surface area contributed by atoms with Crippen molar-refractivity contribution in [3.05, 3.63) is 30.1 Å². The van der Waals surface area contributed by atoms with Crippen LogP contribution in [0.1, 0.15) is 5.69 Å². The molecule has 0 aliphatic carbocycles. The lowest BCUT2D eigenvalue weighted by atomic mass is 10.3. The Balaban J connectivity index is 2.34. The Morgan fingerprint density at radius 3 is 2.62 bits per heavy atom. The maximum Gasteiger partial charge on any atom is 0.104 e. The zero-order chi connectivity index (χ0) is 9.52. The van der Waals surface area contributed by atoms with Crippen LogP contribution >= 0.6 is 0 Å². The van der Waals surface area contributed by atoms with E-state index in [1.54, 1.807) is 6.20 Å². The van der Waals surface area contributed by atoms with Gasteiger partial charge in [0.25, 0.3) is 0 Å². The summed E-state index contributed by atoms with van der Waals surface area (Å²) in [6, 6.07) is 5.50. The molecule has 0 aliphatic heterocycles. The van der Waals surface area contributed by atoms with Gasteiger partial charge in [0.1, 0.15) is 6.10 Å². The second-order valence-electron chi connectivity index (χ2n) is 2.62. The van der Waals surface area contributed by atoms with Crippen LogP contribution in [0.4, 0.5) is 0 Å². The number of hydrogen-bond donors (Lipinski definition) is 2. The largest absolute Gasteiger partial charge is 0.394 e. The van der Waals surface area contributed by atoms with Crippen LogP contribution in [0.5, 0.6) is 0 Å². The number of hydrogen-bond acceptors (Lipinski definition) is 4. The third-order valence-corrected chi connectivity index (χ3v) is 1.60. The average molecular weight is 183 g/mol. The lowest BCUT2D eigenvalue weighted by Gasteiger charge is -2.11. The first-order chi connectivity index (χ1) is 6.36. The van der Waals surface area contributed by atoms with E-state index >= 15 is 0 Å². The highest BCUT2D eigenvalue weighted by molar-refractivity contribution is 5.01. The molecule has 4 heteroatoms. The van der Waals surface area contributed by atoms with Gasteiger partial charge in [-0.1, -0.05) is 6.07 Å². The molecule has 0 bridgehead atoms. The predicted molar refractivity (Wildman–Crippen MR) is 47.0 cm³/mol. The molecule has 0 saturated carbocycles. The molecule has 4 nitrogen and oxygen atoms in total. The smallest absolute Gasteiger partial charge is 0.104 e. The third kappa shape index (κ3) is 3.50. The molecule has 0 aliphatic rings. The van der Waals surface area contributed by atoms with Gasteiger partial charge in [-0.15, -0.1) is 0 Å². The van der Waals surface area contributed by atoms with Crippen LogP contribution in [-0.4, -0.2) is 34.5 Å². The monoisotopic (exact) mass is 183 g/mol. The summed E-state index contributed by atoms with van der Waals surface area (Å²) in [6.45, 7) is -0.0424. The molecular formula is C9H13NO3. The number of aliphatic hydroxyl groups is 2. The number of ether oxygens (including phenoxy) is 1. The highest BCUT2D eigenvalue weighted by Crippen LogP contribution is 1.99. The summed E-state index contributed by atoms with van der Waals surface area (Å²) in [7, 11) is 0. The van der Waals surface area contributed by atoms with Crippen molar-refractivity contribution in [3.63, 3.8) is 0 Å². The van der Waals surface area contributed by atoms with Gasteiger partial charge < -0.3 is 14.9 Å². The van der Waals surface area contributed by atoms with Crippen molar-refractivity contribution in [2.24, 2.45) is 0 Å². The molecule has 0 spiro atoms. The van der Waals surface area contributed by atoms with Gasteiger partial charge in [-0.3, -0.25) is 4.98 Å². The van der Waals surface area contributed by atoms with Crippen LogP contribution in [0.2, 0.25) is 0 Å². The van der Waals surface area contributed by atoms with Crippen LogP contribution in [0.3, 0.4) is 0 Å². The lowest BCUT2D eigenvalue weighted by Crippen LogP contribution is -2.21. The molecule has 13 heavy (non-hydrogen) atoms. The van der Waals surface area contributed by atoms with E-state index in [0.717, 1.165) is 5.69 Å². The Kier molecular flexibility index (Phi) is 4.39. The highest BCUT2D eigenvalue weighted by Gasteiger charge is 2.05. The van der Waals surface area contributed by atoms with Crippen LogP contribution in [0.25, 0.3) is 0 Å². The molecule has 0 atom stereocenters. The molecule has 0 amide bonds. The molecule has 1 rings (SSSR count). The summed E-state index contributed by atoms with van der Waals surface area (Å²) >= 11 is 0. The molecule has 0 radical (unpaired) electrons. The SMILES string of the molecule is OCC(CO)OCc1ccccn1. The number of pyridine rings is 1. The Morgan fingerprint density at radius 2 is 2.08 bits per heavy atom. The van der Waals surface area contributed by atoms with Gasteiger partial charge in [-0.25, -0.2) is 0 Å². The average Bonchev–Trinajstić information content (AvgIpc) is 2.21. The summed E-state index contributed by atoms with van der Waals surface area (Å²) in [6.07, 6.45) is 1.16. The molecule has 1 aromatic heterocycles. The third-order valence-electron chi connectivity index (χ3n) is 1.60. The number of rotatable bonds is 5. The normalized spacial score (nSPS) is 10.7. The summed E-state index contributed by atoms with van der Waals surface area (Å²) in [4.78, 5) is 4.03. The van der Waals surface area contributed by atoms with E-state index in [0.29, 0.717) is 6.61 Å². The van der Waals surface area contributed by atoms with E-state index in [1.807, 2.05) is 18.2 Å². The lowest BCUT2D eigenvalue weighted by molar-refractivity contribution is -0.0295. The zero-order valence-electron chi connectivity index (χ0n) is 7.26. The Hall–Kier alpha value is -0.970. The van der Waals surface area contributed by atoms with Gasteiger partial charge in [-0.05, 0) is 12.1 Å². The maximum atomic E-state index is 8.70.